The molecule has 2 aromatic rings. The number of alkyl halides is 6. The van der Waals surface area contributed by atoms with Gasteiger partial charge in [0.05, 0.1) is 18.0 Å². The summed E-state index contributed by atoms with van der Waals surface area (Å²) in [5.74, 6) is 0. The van der Waals surface area contributed by atoms with Crippen LogP contribution in [0.4, 0.5) is 32.0 Å². The molecule has 0 saturated carbocycles. The van der Waals surface area contributed by atoms with Crippen LogP contribution < -0.4 is 5.32 Å². The first-order valence-corrected chi connectivity index (χ1v) is 6.71. The fourth-order valence-corrected chi connectivity index (χ4v) is 2.12. The first kappa shape index (κ1) is 17.2. The molecule has 0 saturated heterocycles. The zero-order valence-electron chi connectivity index (χ0n) is 11.7. The van der Waals surface area contributed by atoms with Crippen molar-refractivity contribution in [3.8, 4) is 0 Å². The van der Waals surface area contributed by atoms with E-state index >= 15 is 0 Å². The maximum Gasteiger partial charge on any atom is 0.416 e. The minimum atomic E-state index is -4.52. The van der Waals surface area contributed by atoms with Gasteiger partial charge in [0.2, 0.25) is 0 Å². The molecule has 1 nitrogen and oxygen atoms in total. The van der Waals surface area contributed by atoms with Gasteiger partial charge in [-0.05, 0) is 29.8 Å². The Balaban J connectivity index is 2.26. The lowest BCUT2D eigenvalue weighted by molar-refractivity contribution is -0.139. The molecule has 124 valence electrons. The molecule has 0 aliphatic rings. The van der Waals surface area contributed by atoms with Crippen LogP contribution in [0.1, 0.15) is 23.6 Å². The van der Waals surface area contributed by atoms with Crippen molar-refractivity contribution in [1.29, 1.82) is 0 Å². The number of anilines is 1. The Morgan fingerprint density at radius 1 is 0.783 bits per heavy atom. The van der Waals surface area contributed by atoms with Crippen LogP contribution in [-0.4, -0.2) is 6.18 Å². The Bertz CT molecular complexity index is 616. The lowest BCUT2D eigenvalue weighted by Gasteiger charge is -2.22. The van der Waals surface area contributed by atoms with Gasteiger partial charge < -0.3 is 5.32 Å². The molecule has 0 aromatic heterocycles. The second-order valence-electron chi connectivity index (χ2n) is 5.00. The van der Waals surface area contributed by atoms with Crippen LogP contribution in [0.2, 0.25) is 0 Å². The molecule has 1 atom stereocenters. The van der Waals surface area contributed by atoms with Crippen molar-refractivity contribution >= 4 is 5.69 Å². The summed E-state index contributed by atoms with van der Waals surface area (Å²) in [4.78, 5) is 0. The highest BCUT2D eigenvalue weighted by atomic mass is 19.4. The van der Waals surface area contributed by atoms with Gasteiger partial charge in [0.25, 0.3) is 0 Å². The molecule has 2 rings (SSSR count). The fourth-order valence-electron chi connectivity index (χ4n) is 2.12. The molecular weight excluding hydrogens is 320 g/mol. The predicted molar refractivity (Wildman–Crippen MR) is 74.9 cm³/mol. The zero-order valence-corrected chi connectivity index (χ0v) is 11.7. The minimum Gasteiger partial charge on any atom is -0.378 e. The summed E-state index contributed by atoms with van der Waals surface area (Å²) in [5.41, 5.74) is -0.299. The molecule has 0 bridgehead atoms. The lowest BCUT2D eigenvalue weighted by Crippen LogP contribution is -2.20. The molecule has 0 aliphatic carbocycles. The second kappa shape index (κ2) is 6.52. The van der Waals surface area contributed by atoms with Crippen molar-refractivity contribution < 1.29 is 26.3 Å². The van der Waals surface area contributed by atoms with Crippen LogP contribution in [0, 0.1) is 0 Å². The maximum atomic E-state index is 12.7. The number of para-hydroxylation sites is 1. The first-order chi connectivity index (χ1) is 10.6. The Hall–Kier alpha value is -2.18. The van der Waals surface area contributed by atoms with Crippen LogP contribution in [0.5, 0.6) is 0 Å². The third kappa shape index (κ3) is 5.19. The SMILES string of the molecule is FC(F)(F)CC(Nc1ccccc1)c1ccc(C(F)(F)F)cc1. The number of hydrogen-bond acceptors (Lipinski definition) is 1. The molecule has 1 N–H and O–H groups in total. The lowest BCUT2D eigenvalue weighted by atomic mass is 10.0. The second-order valence-corrected chi connectivity index (χ2v) is 5.00. The molecule has 1 unspecified atom stereocenters. The van der Waals surface area contributed by atoms with Gasteiger partial charge in [0, 0.05) is 5.69 Å². The van der Waals surface area contributed by atoms with E-state index in [9.17, 15) is 26.3 Å². The highest BCUT2D eigenvalue weighted by molar-refractivity contribution is 5.45. The van der Waals surface area contributed by atoms with E-state index in [1.165, 1.54) is 0 Å². The van der Waals surface area contributed by atoms with Gasteiger partial charge in [-0.1, -0.05) is 30.3 Å². The van der Waals surface area contributed by atoms with Gasteiger partial charge in [-0.15, -0.1) is 0 Å². The van der Waals surface area contributed by atoms with Gasteiger partial charge in [0.15, 0.2) is 0 Å². The van der Waals surface area contributed by atoms with Crippen LogP contribution in [-0.2, 0) is 6.18 Å². The number of halogens is 6. The third-order valence-electron chi connectivity index (χ3n) is 3.19. The van der Waals surface area contributed by atoms with Crippen LogP contribution in [0.25, 0.3) is 0 Å². The smallest absolute Gasteiger partial charge is 0.378 e. The summed E-state index contributed by atoms with van der Waals surface area (Å²) in [7, 11) is 0. The summed E-state index contributed by atoms with van der Waals surface area (Å²) >= 11 is 0. The van der Waals surface area contributed by atoms with Gasteiger partial charge in [0.1, 0.15) is 0 Å². The van der Waals surface area contributed by atoms with E-state index < -0.39 is 30.4 Å². The van der Waals surface area contributed by atoms with E-state index in [1.54, 1.807) is 30.3 Å². The van der Waals surface area contributed by atoms with Gasteiger partial charge in [-0.3, -0.25) is 0 Å². The summed E-state index contributed by atoms with van der Waals surface area (Å²) < 4.78 is 75.9. The quantitative estimate of drug-likeness (QED) is 0.696. The molecule has 0 radical (unpaired) electrons. The first-order valence-electron chi connectivity index (χ1n) is 6.71. The average molecular weight is 333 g/mol. The largest absolute Gasteiger partial charge is 0.416 e. The van der Waals surface area contributed by atoms with Crippen LogP contribution in [0.3, 0.4) is 0 Å². The molecule has 0 aliphatic heterocycles. The van der Waals surface area contributed by atoms with E-state index in [1.807, 2.05) is 0 Å². The predicted octanol–water partition coefficient (Wildman–Crippen LogP) is 5.81. The van der Waals surface area contributed by atoms with Gasteiger partial charge in [-0.2, -0.15) is 26.3 Å². The molecule has 7 heteroatoms. The van der Waals surface area contributed by atoms with Crippen molar-refractivity contribution in [3.63, 3.8) is 0 Å². The maximum absolute atomic E-state index is 12.7. The zero-order chi connectivity index (χ0) is 17.1. The van der Waals surface area contributed by atoms with E-state index in [2.05, 4.69) is 5.32 Å². The Labute approximate surface area is 128 Å². The van der Waals surface area contributed by atoms with Crippen LogP contribution in [0.15, 0.2) is 54.6 Å². The van der Waals surface area contributed by atoms with E-state index in [0.29, 0.717) is 5.69 Å². The number of hydrogen-bond donors (Lipinski definition) is 1. The number of rotatable bonds is 4. The molecule has 2 aromatic carbocycles. The van der Waals surface area contributed by atoms with Crippen LogP contribution >= 0.6 is 0 Å². The number of nitrogens with one attached hydrogen (secondary N) is 1. The highest BCUT2D eigenvalue weighted by Crippen LogP contribution is 2.34. The molecule has 0 heterocycles. The molecule has 23 heavy (non-hydrogen) atoms. The topological polar surface area (TPSA) is 12.0 Å². The van der Waals surface area contributed by atoms with Gasteiger partial charge in [-0.25, -0.2) is 0 Å². The van der Waals surface area contributed by atoms with E-state index in [-0.39, 0.29) is 5.56 Å². The van der Waals surface area contributed by atoms with E-state index in [4.69, 9.17) is 0 Å². The Morgan fingerprint density at radius 2 is 1.35 bits per heavy atom. The average Bonchev–Trinajstić information content (AvgIpc) is 2.45. The summed E-state index contributed by atoms with van der Waals surface area (Å²) in [6.45, 7) is 0. The number of benzene rings is 2. The molecule has 0 spiro atoms. The molecule has 0 amide bonds. The third-order valence-corrected chi connectivity index (χ3v) is 3.19. The molecular formula is C16H13F6N. The minimum absolute atomic E-state index is 0.138. The monoisotopic (exact) mass is 333 g/mol. The summed E-state index contributed by atoms with van der Waals surface area (Å²) in [5, 5.41) is 2.71. The van der Waals surface area contributed by atoms with Crippen molar-refractivity contribution in [1.82, 2.24) is 0 Å². The van der Waals surface area contributed by atoms with Crippen molar-refractivity contribution in [2.45, 2.75) is 24.8 Å². The highest BCUT2D eigenvalue weighted by Gasteiger charge is 2.34. The van der Waals surface area contributed by atoms with Crippen molar-refractivity contribution in [2.24, 2.45) is 0 Å². The molecule has 0 fully saturated rings. The van der Waals surface area contributed by atoms with E-state index in [0.717, 1.165) is 24.3 Å². The summed E-state index contributed by atoms with van der Waals surface area (Å²) in [6, 6.07) is 10.7. The van der Waals surface area contributed by atoms with Crippen molar-refractivity contribution in [3.05, 3.63) is 65.7 Å². The fraction of sp³-hybridized carbons (Fsp3) is 0.250. The normalized spacial score (nSPS) is 13.7. The van der Waals surface area contributed by atoms with Gasteiger partial charge >= 0.3 is 12.4 Å². The summed E-state index contributed by atoms with van der Waals surface area (Å²) in [6.07, 6.45) is -10.2. The standard InChI is InChI=1S/C16H13F6N/c17-15(18,19)10-14(23-13-4-2-1-3-5-13)11-6-8-12(9-7-11)16(20,21)22/h1-9,14,23H,10H2. The Morgan fingerprint density at radius 3 is 1.83 bits per heavy atom. The Kier molecular flexibility index (Phi) is 4.87. The van der Waals surface area contributed by atoms with Crippen molar-refractivity contribution in [2.75, 3.05) is 5.32 Å².